The van der Waals surface area contributed by atoms with Gasteiger partial charge in [0, 0.05) is 65.3 Å². The summed E-state index contributed by atoms with van der Waals surface area (Å²) in [6.45, 7) is 1.38. The van der Waals surface area contributed by atoms with Crippen molar-refractivity contribution in [2.75, 3.05) is 6.67 Å². The molecular formula is C58H35FN2O2. The fourth-order valence-electron chi connectivity index (χ4n) is 10.4. The molecular weight excluding hydrogens is 776 g/mol. The van der Waals surface area contributed by atoms with Gasteiger partial charge < -0.3 is 18.0 Å². The van der Waals surface area contributed by atoms with Gasteiger partial charge in [0.15, 0.2) is 6.67 Å². The monoisotopic (exact) mass is 810 g/mol. The number of alkyl halides is 1. The summed E-state index contributed by atoms with van der Waals surface area (Å²) in [5.74, 6) is 6.44. The Morgan fingerprint density at radius 1 is 0.413 bits per heavy atom. The van der Waals surface area contributed by atoms with Crippen LogP contribution in [0.5, 0.6) is 0 Å². The molecule has 9 aromatic carbocycles. The number of benzene rings is 9. The maximum Gasteiger partial charge on any atom is 0.150 e. The number of para-hydroxylation sites is 8. The fourth-order valence-corrected chi connectivity index (χ4v) is 10.4. The number of hydrogen-bond donors (Lipinski definition) is 0. The van der Waals surface area contributed by atoms with E-state index in [2.05, 4.69) is 180 Å². The van der Waals surface area contributed by atoms with Crippen LogP contribution in [0.25, 0.3) is 121 Å². The van der Waals surface area contributed by atoms with E-state index in [9.17, 15) is 4.39 Å². The van der Waals surface area contributed by atoms with Gasteiger partial charge >= 0.3 is 0 Å². The zero-order valence-corrected chi connectivity index (χ0v) is 34.1. The molecule has 4 aromatic heterocycles. The van der Waals surface area contributed by atoms with Crippen molar-refractivity contribution in [2.45, 2.75) is 6.92 Å². The molecule has 5 heteroatoms. The second-order valence-electron chi connectivity index (χ2n) is 16.2. The summed E-state index contributed by atoms with van der Waals surface area (Å²) < 4.78 is 33.5. The number of nitrogens with zero attached hydrogens (tertiary/aromatic N) is 2. The lowest BCUT2D eigenvalue weighted by Crippen LogP contribution is -2.11. The van der Waals surface area contributed by atoms with Crippen molar-refractivity contribution in [3.05, 3.63) is 193 Å². The Labute approximate surface area is 360 Å². The lowest BCUT2D eigenvalue weighted by atomic mass is 9.85. The molecule has 0 amide bonds. The molecule has 0 N–H and O–H groups in total. The summed E-state index contributed by atoms with van der Waals surface area (Å²) in [4.78, 5) is 0. The summed E-state index contributed by atoms with van der Waals surface area (Å²) in [6.07, 6.45) is 0. The maximum absolute atomic E-state index is 14.9. The van der Waals surface area contributed by atoms with Gasteiger partial charge in [0.25, 0.3) is 0 Å². The molecule has 13 rings (SSSR count). The predicted molar refractivity (Wildman–Crippen MR) is 258 cm³/mol. The maximum atomic E-state index is 14.9. The number of fused-ring (bicyclic) bond motifs is 12. The quantitative estimate of drug-likeness (QED) is 0.166. The average molecular weight is 811 g/mol. The van der Waals surface area contributed by atoms with Crippen molar-refractivity contribution in [2.24, 2.45) is 0 Å². The lowest BCUT2D eigenvalue weighted by molar-refractivity contribution is 0.573. The van der Waals surface area contributed by atoms with Crippen molar-refractivity contribution in [1.82, 2.24) is 9.13 Å². The highest BCUT2D eigenvalue weighted by Gasteiger charge is 2.32. The Hall–Kier alpha value is -8.33. The van der Waals surface area contributed by atoms with E-state index in [1.807, 2.05) is 30.3 Å². The highest BCUT2D eigenvalue weighted by atomic mass is 19.1. The van der Waals surface area contributed by atoms with Gasteiger partial charge in [-0.25, -0.2) is 4.39 Å². The van der Waals surface area contributed by atoms with Crippen LogP contribution in [0.2, 0.25) is 0 Å². The van der Waals surface area contributed by atoms with Crippen LogP contribution in [-0.4, -0.2) is 15.8 Å². The van der Waals surface area contributed by atoms with E-state index >= 15 is 0 Å². The zero-order valence-electron chi connectivity index (χ0n) is 34.1. The Morgan fingerprint density at radius 2 is 0.794 bits per heavy atom. The second-order valence-corrected chi connectivity index (χ2v) is 16.2. The van der Waals surface area contributed by atoms with Crippen molar-refractivity contribution < 1.29 is 13.2 Å². The van der Waals surface area contributed by atoms with Gasteiger partial charge in [-0.3, -0.25) is 0 Å². The Morgan fingerprint density at radius 3 is 1.25 bits per heavy atom. The second kappa shape index (κ2) is 13.6. The normalized spacial score (nSPS) is 11.9. The molecule has 0 fully saturated rings. The first-order chi connectivity index (χ1) is 31.2. The first-order valence-corrected chi connectivity index (χ1v) is 21.2. The molecule has 0 saturated carbocycles. The number of aromatic nitrogens is 2. The Balaban J connectivity index is 1.35. The van der Waals surface area contributed by atoms with Crippen LogP contribution in [0.15, 0.2) is 191 Å². The lowest BCUT2D eigenvalue weighted by Gasteiger charge is -2.27. The smallest absolute Gasteiger partial charge is 0.150 e. The summed E-state index contributed by atoms with van der Waals surface area (Å²) in [7, 11) is 0. The number of rotatable bonds is 4. The van der Waals surface area contributed by atoms with Crippen LogP contribution >= 0.6 is 0 Å². The van der Waals surface area contributed by atoms with Crippen LogP contribution < -0.4 is 0 Å². The van der Waals surface area contributed by atoms with Crippen molar-refractivity contribution in [1.29, 1.82) is 0 Å². The third-order valence-electron chi connectivity index (χ3n) is 12.9. The molecule has 296 valence electrons. The molecule has 0 atom stereocenters. The first-order valence-electron chi connectivity index (χ1n) is 21.2. The van der Waals surface area contributed by atoms with E-state index in [0.717, 1.165) is 127 Å². The van der Waals surface area contributed by atoms with Crippen LogP contribution in [0.4, 0.5) is 4.39 Å². The minimum Gasteiger partial charge on any atom is -0.455 e. The summed E-state index contributed by atoms with van der Waals surface area (Å²) in [5, 5.41) is 8.55. The van der Waals surface area contributed by atoms with Gasteiger partial charge in [-0.15, -0.1) is 0 Å². The van der Waals surface area contributed by atoms with Crippen molar-refractivity contribution in [3.8, 4) is 45.5 Å². The molecule has 4 heterocycles. The molecule has 4 nitrogen and oxygen atoms in total. The highest BCUT2D eigenvalue weighted by molar-refractivity contribution is 6.18. The summed E-state index contributed by atoms with van der Waals surface area (Å²) in [5.41, 5.74) is 14.2. The average Bonchev–Trinajstić information content (AvgIpc) is 4.09. The summed E-state index contributed by atoms with van der Waals surface area (Å²) in [6, 6.07) is 63.4. The Bertz CT molecular complexity index is 4000. The van der Waals surface area contributed by atoms with E-state index in [-0.39, 0.29) is 0 Å². The highest BCUT2D eigenvalue weighted by Crippen LogP contribution is 2.52. The number of hydrogen-bond acceptors (Lipinski definition) is 2. The van der Waals surface area contributed by atoms with Gasteiger partial charge in [-0.1, -0.05) is 157 Å². The third kappa shape index (κ3) is 4.98. The summed E-state index contributed by atoms with van der Waals surface area (Å²) >= 11 is 0. The van der Waals surface area contributed by atoms with Crippen molar-refractivity contribution >= 4 is 87.5 Å². The fraction of sp³-hybridized carbons (Fsp3) is 0.0345. The van der Waals surface area contributed by atoms with Crippen molar-refractivity contribution in [3.63, 3.8) is 0 Å². The van der Waals surface area contributed by atoms with Crippen LogP contribution in [0.1, 0.15) is 11.1 Å². The molecule has 0 aliphatic heterocycles. The standard InChI is InChI=1S/C58H35FN2O2/c1-35-53(45-25-14-23-42-40-21-6-12-32-51(40)62-57(42)45)56(61-49-30-10-4-19-38(49)39-20-5-11-31-50(39)61)54(46-26-15-24-43-41-22-7-13-33-52(41)63-58(43)46)44(27-16-34-59)55(35)60-47-28-8-2-17-36(47)37-18-3-9-29-48(37)60/h2-15,17-26,28-33H,34H2,1H3. The van der Waals surface area contributed by atoms with Crippen LogP contribution in [0.3, 0.4) is 0 Å². The molecule has 0 aliphatic carbocycles. The minimum absolute atomic E-state index is 0.696. The minimum atomic E-state index is -0.815. The van der Waals surface area contributed by atoms with Gasteiger partial charge in [0.2, 0.25) is 0 Å². The van der Waals surface area contributed by atoms with Crippen LogP contribution in [-0.2, 0) is 0 Å². The van der Waals surface area contributed by atoms with Gasteiger partial charge in [-0.2, -0.15) is 0 Å². The molecule has 0 saturated heterocycles. The molecule has 0 unspecified atom stereocenters. The Kier molecular flexibility index (Phi) is 7.64. The van der Waals surface area contributed by atoms with Crippen LogP contribution in [0, 0.1) is 18.8 Å². The molecule has 0 bridgehead atoms. The topological polar surface area (TPSA) is 36.1 Å². The number of furan rings is 2. The zero-order chi connectivity index (χ0) is 41.8. The van der Waals surface area contributed by atoms with E-state index in [0.29, 0.717) is 5.56 Å². The SMILES string of the molecule is Cc1c(-c2cccc3c2oc2ccccc23)c(-n2c3ccccc3c3ccccc32)c(-c2cccc3c2oc2ccccc23)c(C#CCF)c1-n1c2ccccc2c2ccccc21. The van der Waals surface area contributed by atoms with Gasteiger partial charge in [0.1, 0.15) is 22.3 Å². The molecule has 13 aromatic rings. The third-order valence-corrected chi connectivity index (χ3v) is 12.9. The molecule has 0 radical (unpaired) electrons. The van der Waals surface area contributed by atoms with Gasteiger partial charge in [-0.05, 0) is 48.9 Å². The van der Waals surface area contributed by atoms with E-state index in [1.54, 1.807) is 0 Å². The first kappa shape index (κ1) is 35.4. The molecule has 63 heavy (non-hydrogen) atoms. The van der Waals surface area contributed by atoms with E-state index in [1.165, 1.54) is 0 Å². The van der Waals surface area contributed by atoms with Gasteiger partial charge in [0.05, 0.1) is 39.0 Å². The molecule has 0 spiro atoms. The largest absolute Gasteiger partial charge is 0.455 e. The molecule has 0 aliphatic rings. The number of halogens is 1. The van der Waals surface area contributed by atoms with E-state index < -0.39 is 6.67 Å². The predicted octanol–water partition coefficient (Wildman–Crippen LogP) is 15.6. The van der Waals surface area contributed by atoms with E-state index in [4.69, 9.17) is 8.83 Å².